The van der Waals surface area contributed by atoms with Gasteiger partial charge in [-0.2, -0.15) is 0 Å². The Labute approximate surface area is 83.3 Å². The number of hydrogen-bond donors (Lipinski definition) is 2. The lowest BCUT2D eigenvalue weighted by Gasteiger charge is -2.25. The Morgan fingerprint density at radius 2 is 1.50 bits per heavy atom. The largest absolute Gasteiger partial charge is 0.328 e. The van der Waals surface area contributed by atoms with Crippen LogP contribution in [0.4, 0.5) is 4.79 Å². The van der Waals surface area contributed by atoms with Gasteiger partial charge >= 0.3 is 6.03 Å². The van der Waals surface area contributed by atoms with Gasteiger partial charge in [0.05, 0.1) is 0 Å². The summed E-state index contributed by atoms with van der Waals surface area (Å²) in [5.41, 5.74) is 0. The minimum Gasteiger partial charge on any atom is -0.277 e. The summed E-state index contributed by atoms with van der Waals surface area (Å²) in [5.74, 6) is -1.64. The number of rotatable bonds is 2. The maximum absolute atomic E-state index is 11.3. The second-order valence-electron chi connectivity index (χ2n) is 4.62. The zero-order valence-electron chi connectivity index (χ0n) is 8.51. The third-order valence-electron chi connectivity index (χ3n) is 1.92. The van der Waals surface area contributed by atoms with Gasteiger partial charge in [0.25, 0.3) is 0 Å². The highest BCUT2D eigenvalue weighted by Crippen LogP contribution is 2.18. The summed E-state index contributed by atoms with van der Waals surface area (Å²) in [6.45, 7) is 6.22. The predicted molar refractivity (Wildman–Crippen MR) is 53.3 cm³/mol. The molecule has 78 valence electrons. The number of amides is 4. The van der Waals surface area contributed by atoms with Gasteiger partial charge in [0.1, 0.15) is 5.92 Å². The van der Waals surface area contributed by atoms with E-state index in [1.807, 2.05) is 0 Å². The minimum atomic E-state index is -1.48. The van der Waals surface area contributed by atoms with E-state index >= 15 is 0 Å². The zero-order valence-corrected chi connectivity index (χ0v) is 9.51. The molecule has 0 unspecified atom stereocenters. The summed E-state index contributed by atoms with van der Waals surface area (Å²) >= 11 is 0. The molecule has 4 amide bonds. The first-order valence-electron chi connectivity index (χ1n) is 4.45. The van der Waals surface area contributed by atoms with Crippen molar-refractivity contribution in [1.29, 1.82) is 0 Å². The number of hydrogen-bond acceptors (Lipinski definition) is 3. The highest BCUT2D eigenvalue weighted by molar-refractivity contribution is 6.76. The second-order valence-corrected chi connectivity index (χ2v) is 10.2. The normalized spacial score (nSPS) is 19.2. The van der Waals surface area contributed by atoms with Crippen LogP contribution in [0.2, 0.25) is 25.7 Å². The molecule has 1 heterocycles. The molecule has 0 aromatic carbocycles. The van der Waals surface area contributed by atoms with Crippen LogP contribution in [0.25, 0.3) is 0 Å². The van der Waals surface area contributed by atoms with Crippen molar-refractivity contribution in [2.75, 3.05) is 0 Å². The number of nitrogens with one attached hydrogen (secondary N) is 2. The van der Waals surface area contributed by atoms with E-state index in [1.165, 1.54) is 0 Å². The maximum Gasteiger partial charge on any atom is 0.328 e. The Morgan fingerprint density at radius 1 is 1.07 bits per heavy atom. The molecular weight excluding hydrogens is 200 g/mol. The summed E-state index contributed by atoms with van der Waals surface area (Å²) in [6, 6.07) is -0.148. The molecule has 0 aromatic heterocycles. The Balaban J connectivity index is 2.73. The average molecular weight is 214 g/mol. The Kier molecular flexibility index (Phi) is 2.75. The summed E-state index contributed by atoms with van der Waals surface area (Å²) in [4.78, 5) is 33.4. The van der Waals surface area contributed by atoms with Crippen molar-refractivity contribution in [2.45, 2.75) is 25.7 Å². The van der Waals surface area contributed by atoms with Crippen molar-refractivity contribution in [2.24, 2.45) is 5.92 Å². The van der Waals surface area contributed by atoms with E-state index in [0.29, 0.717) is 6.04 Å². The van der Waals surface area contributed by atoms with E-state index in [0.717, 1.165) is 0 Å². The molecule has 1 aliphatic heterocycles. The summed E-state index contributed by atoms with van der Waals surface area (Å²) in [5, 5.41) is 4.19. The van der Waals surface area contributed by atoms with Crippen LogP contribution < -0.4 is 10.6 Å². The number of carbonyl (C=O) groups excluding carboxylic acids is 3. The molecule has 5 nitrogen and oxygen atoms in total. The van der Waals surface area contributed by atoms with E-state index in [-0.39, 0.29) is 0 Å². The average Bonchev–Trinajstić information content (AvgIpc) is 1.95. The van der Waals surface area contributed by atoms with Crippen molar-refractivity contribution in [1.82, 2.24) is 10.6 Å². The maximum atomic E-state index is 11.3. The van der Waals surface area contributed by atoms with Gasteiger partial charge in [-0.25, -0.2) is 4.79 Å². The molecule has 6 heteroatoms. The van der Waals surface area contributed by atoms with Crippen molar-refractivity contribution in [3.8, 4) is 0 Å². The van der Waals surface area contributed by atoms with Gasteiger partial charge in [-0.3, -0.25) is 20.2 Å². The fraction of sp³-hybridized carbons (Fsp3) is 0.625. The highest BCUT2D eigenvalue weighted by atomic mass is 28.3. The molecule has 1 rings (SSSR count). The Morgan fingerprint density at radius 3 is 1.86 bits per heavy atom. The van der Waals surface area contributed by atoms with Crippen LogP contribution in [-0.2, 0) is 9.59 Å². The number of carbonyl (C=O) groups is 3. The fourth-order valence-electron chi connectivity index (χ4n) is 1.35. The van der Waals surface area contributed by atoms with Gasteiger partial charge in [0, 0.05) is 8.07 Å². The molecule has 0 bridgehead atoms. The van der Waals surface area contributed by atoms with Gasteiger partial charge < -0.3 is 0 Å². The standard InChI is InChI=1S/C8H14N2O3Si/c1-14(2,3)4-5-6(11)9-8(13)10-7(5)12/h5H,4H2,1-3H3,(H2,9,10,11,12,13). The van der Waals surface area contributed by atoms with Gasteiger partial charge in [-0.15, -0.1) is 0 Å². The molecule has 1 aliphatic rings. The molecule has 1 fully saturated rings. The smallest absolute Gasteiger partial charge is 0.277 e. The Hall–Kier alpha value is -1.17. The molecule has 0 atom stereocenters. The topological polar surface area (TPSA) is 75.3 Å². The third kappa shape index (κ3) is 2.66. The van der Waals surface area contributed by atoms with E-state index in [2.05, 4.69) is 30.3 Å². The van der Waals surface area contributed by atoms with Crippen LogP contribution in [-0.4, -0.2) is 25.9 Å². The van der Waals surface area contributed by atoms with Crippen LogP contribution >= 0.6 is 0 Å². The van der Waals surface area contributed by atoms with Crippen LogP contribution in [0.15, 0.2) is 0 Å². The highest BCUT2D eigenvalue weighted by Gasteiger charge is 2.37. The molecule has 1 saturated heterocycles. The summed E-state index contributed by atoms with van der Waals surface area (Å²) in [6.07, 6.45) is 0. The second kappa shape index (κ2) is 3.53. The number of urea groups is 1. The van der Waals surface area contributed by atoms with Crippen LogP contribution in [0.3, 0.4) is 0 Å². The number of imide groups is 2. The van der Waals surface area contributed by atoms with E-state index in [4.69, 9.17) is 0 Å². The van der Waals surface area contributed by atoms with E-state index in [1.54, 1.807) is 0 Å². The Bertz CT molecular complexity index is 275. The van der Waals surface area contributed by atoms with E-state index < -0.39 is 31.8 Å². The van der Waals surface area contributed by atoms with Crippen molar-refractivity contribution < 1.29 is 14.4 Å². The van der Waals surface area contributed by atoms with Crippen LogP contribution in [0, 0.1) is 5.92 Å². The quantitative estimate of drug-likeness (QED) is 0.513. The van der Waals surface area contributed by atoms with Gasteiger partial charge in [-0.1, -0.05) is 19.6 Å². The first kappa shape index (κ1) is 10.9. The van der Waals surface area contributed by atoms with Gasteiger partial charge in [0.15, 0.2) is 0 Å². The summed E-state index contributed by atoms with van der Waals surface area (Å²) < 4.78 is 0. The van der Waals surface area contributed by atoms with Crippen molar-refractivity contribution >= 4 is 25.9 Å². The lowest BCUT2D eigenvalue weighted by atomic mass is 10.1. The molecule has 0 aromatic rings. The summed E-state index contributed by atoms with van der Waals surface area (Å²) in [7, 11) is -1.48. The zero-order chi connectivity index (χ0) is 10.9. The van der Waals surface area contributed by atoms with E-state index in [9.17, 15) is 14.4 Å². The lowest BCUT2D eigenvalue weighted by molar-refractivity contribution is -0.135. The fourth-order valence-corrected chi connectivity index (χ4v) is 2.94. The molecule has 2 N–H and O–H groups in total. The minimum absolute atomic E-state index is 0.471. The molecular formula is C8H14N2O3Si. The van der Waals surface area contributed by atoms with Gasteiger partial charge in [-0.05, 0) is 6.04 Å². The predicted octanol–water partition coefficient (Wildman–Crippen LogP) is 0.307. The first-order chi connectivity index (χ1) is 6.29. The monoisotopic (exact) mass is 214 g/mol. The molecule has 14 heavy (non-hydrogen) atoms. The lowest BCUT2D eigenvalue weighted by Crippen LogP contribution is -2.56. The molecule has 0 spiro atoms. The van der Waals surface area contributed by atoms with Crippen LogP contribution in [0.1, 0.15) is 0 Å². The molecule has 0 aliphatic carbocycles. The SMILES string of the molecule is C[Si](C)(C)CC1C(=O)NC(=O)NC1=O. The first-order valence-corrected chi connectivity index (χ1v) is 8.16. The van der Waals surface area contributed by atoms with Crippen molar-refractivity contribution in [3.05, 3.63) is 0 Å². The van der Waals surface area contributed by atoms with Crippen molar-refractivity contribution in [3.63, 3.8) is 0 Å². The molecule has 0 radical (unpaired) electrons. The third-order valence-corrected chi connectivity index (χ3v) is 3.56. The number of barbiturate groups is 1. The van der Waals surface area contributed by atoms with Crippen LogP contribution in [0.5, 0.6) is 0 Å². The van der Waals surface area contributed by atoms with Gasteiger partial charge in [0.2, 0.25) is 11.8 Å². The molecule has 0 saturated carbocycles.